The number of phenolic OH excluding ortho intramolecular Hbond substituents is 1. The SMILES string of the molecule is CC[C@H]1C[C@H](C)[C@@]2(NC1=O)O[C@@H](C[C@H](O)[C@@H](C)CC/C=C/C=C(\C)[C@@H]1C/C=C/C=C/[C@H](O)[C@H](C)[C@@H](O)[C@@H](CCC(C)=O)C(=O)N[C@@H](C(C)C)C(=O)NC(c3cc(O)c(F)c(F)c3)C(=O)N3CCCC(N3)C(=O)O1)[C@H](C)[C@H](O)[C@@H]2C. The van der Waals surface area contributed by atoms with Gasteiger partial charge < -0.3 is 55.8 Å². The van der Waals surface area contributed by atoms with Crippen molar-refractivity contribution in [2.24, 2.45) is 47.3 Å². The number of rotatable bonds is 14. The Morgan fingerprint density at radius 3 is 2.32 bits per heavy atom. The number of benzene rings is 1. The molecule has 9 N–H and O–H groups in total. The number of aliphatic hydroxyl groups is 4. The first-order chi connectivity index (χ1) is 37.2. The lowest BCUT2D eigenvalue weighted by atomic mass is 9.69. The van der Waals surface area contributed by atoms with Gasteiger partial charge in [0.1, 0.15) is 35.7 Å². The number of aliphatic hydroxyl groups excluding tert-OH is 4. The summed E-state index contributed by atoms with van der Waals surface area (Å²) >= 11 is 0. The molecule has 79 heavy (non-hydrogen) atoms. The lowest BCUT2D eigenvalue weighted by molar-refractivity contribution is -0.267. The molecule has 2 bridgehead atoms. The molecule has 1 aromatic rings. The zero-order valence-corrected chi connectivity index (χ0v) is 47.5. The maximum atomic E-state index is 14.9. The maximum absolute atomic E-state index is 14.9. The van der Waals surface area contributed by atoms with Gasteiger partial charge in [0.15, 0.2) is 17.4 Å². The number of Topliss-reactive ketones (excluding diaryl/α,β-unsaturated/α-hetero) is 1. The molecule has 4 heterocycles. The molecule has 3 saturated heterocycles. The number of cyclic esters (lactones) is 1. The lowest BCUT2D eigenvalue weighted by Crippen LogP contribution is -2.71. The summed E-state index contributed by atoms with van der Waals surface area (Å²) in [7, 11) is 0. The van der Waals surface area contributed by atoms with Gasteiger partial charge in [-0.2, -0.15) is 4.39 Å². The average molecular weight is 1110 g/mol. The summed E-state index contributed by atoms with van der Waals surface area (Å²) < 4.78 is 42.2. The molecule has 2 unspecified atom stereocenters. The number of nitrogens with one attached hydrogen (secondary N) is 4. The van der Waals surface area contributed by atoms with Gasteiger partial charge in [0, 0.05) is 55.4 Å². The van der Waals surface area contributed by atoms with Crippen molar-refractivity contribution in [3.63, 3.8) is 0 Å². The summed E-state index contributed by atoms with van der Waals surface area (Å²) in [5, 5.41) is 65.3. The fourth-order valence-electron chi connectivity index (χ4n) is 11.2. The molecule has 0 saturated carbocycles. The number of nitrogens with zero attached hydrogens (tertiary/aromatic N) is 1. The highest BCUT2D eigenvalue weighted by molar-refractivity contribution is 5.93. The zero-order valence-electron chi connectivity index (χ0n) is 47.5. The van der Waals surface area contributed by atoms with Crippen molar-refractivity contribution in [1.29, 1.82) is 0 Å². The van der Waals surface area contributed by atoms with E-state index in [1.54, 1.807) is 45.1 Å². The van der Waals surface area contributed by atoms with Crippen LogP contribution in [0.15, 0.2) is 60.2 Å². The van der Waals surface area contributed by atoms with Crippen LogP contribution in [0.3, 0.4) is 0 Å². The predicted octanol–water partition coefficient (Wildman–Crippen LogP) is 5.82. The van der Waals surface area contributed by atoms with Gasteiger partial charge in [0.05, 0.1) is 36.4 Å². The molecule has 0 aromatic heterocycles. The number of hydrazine groups is 1. The lowest BCUT2D eigenvalue weighted by Gasteiger charge is -2.56. The largest absolute Gasteiger partial charge is 0.505 e. The number of allylic oxidation sites excluding steroid dienone is 5. The number of esters is 1. The number of amides is 4. The minimum absolute atomic E-state index is 0.00158. The Morgan fingerprint density at radius 2 is 1.66 bits per heavy atom. The van der Waals surface area contributed by atoms with Crippen LogP contribution in [-0.4, -0.2) is 127 Å². The molecule has 4 aliphatic heterocycles. The molecule has 3 fully saturated rings. The predicted molar refractivity (Wildman–Crippen MR) is 290 cm³/mol. The zero-order chi connectivity index (χ0) is 58.6. The third-order valence-electron chi connectivity index (χ3n) is 16.8. The number of carbonyl (C=O) groups excluding carboxylic acids is 6. The molecule has 1 spiro atoms. The number of piperidine rings is 1. The van der Waals surface area contributed by atoms with Crippen molar-refractivity contribution < 1.29 is 72.6 Å². The number of carbonyl (C=O) groups is 6. The first-order valence-corrected chi connectivity index (χ1v) is 28.2. The Labute approximate surface area is 463 Å². The van der Waals surface area contributed by atoms with Gasteiger partial charge in [-0.05, 0) is 93.9 Å². The number of phenols is 1. The smallest absolute Gasteiger partial charge is 0.325 e. The van der Waals surface area contributed by atoms with Gasteiger partial charge in [-0.15, -0.1) is 0 Å². The first kappa shape index (κ1) is 64.4. The van der Waals surface area contributed by atoms with Crippen molar-refractivity contribution >= 4 is 35.4 Å². The van der Waals surface area contributed by atoms with Gasteiger partial charge in [0.2, 0.25) is 17.7 Å². The molecular weight excluding hydrogens is 1020 g/mol. The van der Waals surface area contributed by atoms with Crippen molar-refractivity contribution in [2.45, 2.75) is 194 Å². The molecule has 0 radical (unpaired) electrons. The van der Waals surface area contributed by atoms with Crippen molar-refractivity contribution in [2.75, 3.05) is 6.54 Å². The quantitative estimate of drug-likeness (QED) is 0.0786. The molecule has 440 valence electrons. The van der Waals surface area contributed by atoms with Crippen LogP contribution in [0.4, 0.5) is 8.78 Å². The second kappa shape index (κ2) is 28.9. The van der Waals surface area contributed by atoms with E-state index in [0.717, 1.165) is 11.1 Å². The monoisotopic (exact) mass is 1110 g/mol. The topological polar surface area (TPSA) is 273 Å². The molecule has 0 aliphatic carbocycles. The van der Waals surface area contributed by atoms with E-state index in [9.17, 15) is 63.1 Å². The van der Waals surface area contributed by atoms with Crippen LogP contribution in [0.1, 0.15) is 145 Å². The van der Waals surface area contributed by atoms with Crippen molar-refractivity contribution in [3.8, 4) is 5.75 Å². The van der Waals surface area contributed by atoms with E-state index in [-0.39, 0.29) is 91.9 Å². The molecule has 20 heteroatoms. The van der Waals surface area contributed by atoms with E-state index in [4.69, 9.17) is 9.47 Å². The van der Waals surface area contributed by atoms with E-state index >= 15 is 0 Å². The maximum Gasteiger partial charge on any atom is 0.325 e. The standard InChI is InChI=1S/C59H87F2N5O13/c1-11-39-27-34(6)59(64-54(39)73)38(10)52(71)37(9)48(79-59)30-45(69)32(4)19-14-12-15-20-33(5)47-23-17-13-16-22-44(68)36(8)53(72)41(25-24-35(7)67)55(74)62-50(31(2)3)56(75)63-51(40-28-42(60)49(61)46(70)29-40)57(76)66-26-18-21-43(65-66)58(77)78-47/h12-13,15-17,20,22,28-29,31-32,34,36-39,41,43-45,47-48,50-53,65,68-72H,11,14,18-19,21,23-27,30H2,1-10H3,(H,62,74)(H,63,75)(H,64,73)/b15-12+,17-13+,22-16+,33-20+/t32-,34-,36-,37-,38-,39-,41+,43?,44-,45-,47-,48-,50-,51?,52-,53+,59+/m0/s1. The Hall–Kier alpha value is -5.38. The third-order valence-corrected chi connectivity index (χ3v) is 16.8. The Morgan fingerprint density at radius 1 is 0.949 bits per heavy atom. The Bertz CT molecular complexity index is 2410. The van der Waals surface area contributed by atoms with Crippen LogP contribution in [0.5, 0.6) is 5.75 Å². The minimum Gasteiger partial charge on any atom is -0.505 e. The second-order valence-corrected chi connectivity index (χ2v) is 23.0. The Kier molecular flexibility index (Phi) is 23.5. The summed E-state index contributed by atoms with van der Waals surface area (Å²) in [5.74, 6) is -11.9. The highest BCUT2D eigenvalue weighted by Gasteiger charge is 2.57. The van der Waals surface area contributed by atoms with E-state index in [1.807, 2.05) is 46.8 Å². The van der Waals surface area contributed by atoms with Crippen molar-refractivity contribution in [1.82, 2.24) is 26.4 Å². The van der Waals surface area contributed by atoms with Gasteiger partial charge in [-0.25, -0.2) is 9.82 Å². The number of fused-ring (bicyclic) bond motifs is 2. The van der Waals surface area contributed by atoms with Crippen LogP contribution in [0, 0.1) is 59.0 Å². The number of aromatic hydroxyl groups is 1. The van der Waals surface area contributed by atoms with Gasteiger partial charge in [-0.3, -0.25) is 29.0 Å². The second-order valence-electron chi connectivity index (χ2n) is 23.0. The number of ketones is 1. The summed E-state index contributed by atoms with van der Waals surface area (Å²) in [5.41, 5.74) is 2.12. The summed E-state index contributed by atoms with van der Waals surface area (Å²) in [6.45, 7) is 17.6. The van der Waals surface area contributed by atoms with E-state index in [2.05, 4.69) is 21.4 Å². The number of hydrogen-bond donors (Lipinski definition) is 9. The molecule has 4 aliphatic rings. The molecular formula is C59H87F2N5O13. The highest BCUT2D eigenvalue weighted by Crippen LogP contribution is 2.46. The normalized spacial score (nSPS) is 34.7. The average Bonchev–Trinajstić information content (AvgIpc) is 3.60. The fourth-order valence-corrected chi connectivity index (χ4v) is 11.2. The first-order valence-electron chi connectivity index (χ1n) is 28.2. The third kappa shape index (κ3) is 16.2. The van der Waals surface area contributed by atoms with Crippen LogP contribution >= 0.6 is 0 Å². The summed E-state index contributed by atoms with van der Waals surface area (Å²) in [4.78, 5) is 82.1. The van der Waals surface area contributed by atoms with E-state index in [0.29, 0.717) is 37.3 Å². The molecule has 4 amide bonds. The van der Waals surface area contributed by atoms with Crippen LogP contribution in [0.25, 0.3) is 0 Å². The van der Waals surface area contributed by atoms with Gasteiger partial charge >= 0.3 is 5.97 Å². The van der Waals surface area contributed by atoms with Crippen LogP contribution in [-0.2, 0) is 38.2 Å². The molecule has 1 aromatic carbocycles. The summed E-state index contributed by atoms with van der Waals surface area (Å²) in [6.07, 6.45) is 9.33. The van der Waals surface area contributed by atoms with Gasteiger partial charge in [-0.1, -0.05) is 97.9 Å². The van der Waals surface area contributed by atoms with Gasteiger partial charge in [0.25, 0.3) is 5.91 Å². The highest BCUT2D eigenvalue weighted by atomic mass is 19.2. The minimum atomic E-state index is -1.81. The van der Waals surface area contributed by atoms with Crippen molar-refractivity contribution in [3.05, 3.63) is 77.4 Å². The molecule has 17 atom stereocenters. The van der Waals surface area contributed by atoms with Crippen LogP contribution < -0.4 is 21.4 Å². The molecule has 5 rings (SSSR count). The number of ether oxygens (including phenoxy) is 2. The fraction of sp³-hybridized carbons (Fsp3) is 0.661. The van der Waals surface area contributed by atoms with Crippen LogP contribution in [0.2, 0.25) is 0 Å². The van der Waals surface area contributed by atoms with E-state index < -0.39 is 119 Å². The summed E-state index contributed by atoms with van der Waals surface area (Å²) in [6, 6.07) is -2.88. The number of hydrogen-bond acceptors (Lipinski definition) is 14. The number of halogens is 2. The van der Waals surface area contributed by atoms with E-state index in [1.165, 1.54) is 19.9 Å². The Balaban J connectivity index is 1.37. The molecule has 18 nitrogen and oxygen atoms in total.